The number of carbonyl (C=O) groups excluding carboxylic acids is 11. The van der Waals surface area contributed by atoms with Crippen LogP contribution in [-0.4, -0.2) is 175 Å². The Balaban J connectivity index is 1.20. The molecular formula is C63H84ClN9O16. The Labute approximate surface area is 523 Å². The average molecular weight is 1260 g/mol. The van der Waals surface area contributed by atoms with Crippen LogP contribution in [0.4, 0.5) is 15.3 Å². The highest BCUT2D eigenvalue weighted by Crippen LogP contribution is 2.49. The Bertz CT molecular complexity index is 3150. The molecule has 0 unspecified atom stereocenters. The average Bonchev–Trinajstić information content (AvgIpc) is 1.75. The fourth-order valence-corrected chi connectivity index (χ4v) is 11.4. The maximum Gasteiger partial charge on any atom is 0.409 e. The minimum Gasteiger partial charge on any atom is -0.457 e. The van der Waals surface area contributed by atoms with Gasteiger partial charge in [0.2, 0.25) is 17.7 Å². The molecule has 4 aliphatic heterocycles. The zero-order valence-corrected chi connectivity index (χ0v) is 53.1. The fraction of sp³-hybridized carbons (Fsp3) is 0.540. The van der Waals surface area contributed by atoms with Crippen molar-refractivity contribution in [2.45, 2.75) is 167 Å². The Morgan fingerprint density at radius 1 is 0.978 bits per heavy atom. The number of primary amides is 1. The Morgan fingerprint density at radius 3 is 2.33 bits per heavy atom. The normalized spacial score (nSPS) is 24.6. The number of methoxy groups -OCH3 is 1. The van der Waals surface area contributed by atoms with Gasteiger partial charge in [-0.25, -0.2) is 14.4 Å². The van der Waals surface area contributed by atoms with Crippen LogP contribution in [0.25, 0.3) is 0 Å². The van der Waals surface area contributed by atoms with E-state index < -0.39 is 144 Å². The summed E-state index contributed by atoms with van der Waals surface area (Å²) >= 11 is 6.87. The Morgan fingerprint density at radius 2 is 1.67 bits per heavy atom. The third kappa shape index (κ3) is 17.7. The predicted octanol–water partition coefficient (Wildman–Crippen LogP) is 4.16. The summed E-state index contributed by atoms with van der Waals surface area (Å²) in [4.78, 5) is 150. The van der Waals surface area contributed by atoms with Crippen molar-refractivity contribution in [2.75, 3.05) is 46.2 Å². The van der Waals surface area contributed by atoms with Crippen molar-refractivity contribution in [3.63, 3.8) is 0 Å². The van der Waals surface area contributed by atoms with Gasteiger partial charge in [0.1, 0.15) is 36.0 Å². The Kier molecular flexibility index (Phi) is 24.0. The van der Waals surface area contributed by atoms with Crippen LogP contribution in [0.1, 0.15) is 130 Å². The van der Waals surface area contributed by atoms with Gasteiger partial charge >= 0.3 is 18.1 Å². The van der Waals surface area contributed by atoms with E-state index in [2.05, 4.69) is 26.6 Å². The molecule has 10 amide bonds. The molecular weight excluding hydrogens is 1170 g/mol. The number of fused-ring (bicyclic) bond motifs is 5. The summed E-state index contributed by atoms with van der Waals surface area (Å²) in [7, 11) is 5.64. The van der Waals surface area contributed by atoms with Crippen LogP contribution in [0.15, 0.2) is 66.3 Å². The molecule has 0 radical (unpaired) electrons. The van der Waals surface area contributed by atoms with Gasteiger partial charge in [0.15, 0.2) is 11.5 Å². The number of aliphatic hydroxyl groups is 1. The van der Waals surface area contributed by atoms with E-state index in [-0.39, 0.29) is 55.5 Å². The first-order chi connectivity index (χ1) is 41.9. The van der Waals surface area contributed by atoms with Crippen LogP contribution in [0.3, 0.4) is 0 Å². The van der Waals surface area contributed by atoms with Gasteiger partial charge in [-0.1, -0.05) is 74.7 Å². The standard InChI is InChI=1S/C63H84ClN9O16/c1-34(2)54(69-49(75)20-13-12-14-26-73-50(76)23-24-51(73)77)57(80)68-43(18-16-25-67-60(65)83)45(74)31-40-21-22-41(30-42(40)56(79)66-8)58(81)71(9)38(6)59(82)88-48-32-52(78)72(10)44-29-39(28-36(4)53(44)64)27-35(3)17-15-19-47(86-11)63(85)33-46(87-61(84)70-63)37(5)55-62(48,7)89-55/h15,17,19,21-24,28-30,34,37-38,43,46-48,54-55,85H,12-14,16,18,20,25-27,31-33H2,1-11H3,(H,66,79)(H,68,80)(H,69,75)(H,70,84)(H3,65,67,83)/b19-15+,35-17+/t37-,38+,43+,46+,47-,48+,54+,55+,62+,63+/m1/s1. The van der Waals surface area contributed by atoms with Crippen LogP contribution in [0.5, 0.6) is 0 Å². The van der Waals surface area contributed by atoms with E-state index in [9.17, 15) is 57.8 Å². The summed E-state index contributed by atoms with van der Waals surface area (Å²) < 4.78 is 24.0. The number of urea groups is 1. The maximum absolute atomic E-state index is 14.5. The van der Waals surface area contributed by atoms with Gasteiger partial charge in [-0.05, 0) is 101 Å². The number of ketones is 1. The molecule has 4 bridgehead atoms. The van der Waals surface area contributed by atoms with E-state index in [0.717, 1.165) is 20.9 Å². The molecule has 26 heteroatoms. The second-order valence-electron chi connectivity index (χ2n) is 23.8. The van der Waals surface area contributed by atoms with E-state index >= 15 is 0 Å². The third-order valence-electron chi connectivity index (χ3n) is 16.8. The van der Waals surface area contributed by atoms with Crippen LogP contribution in [-0.2, 0) is 65.4 Å². The van der Waals surface area contributed by atoms with Gasteiger partial charge in [0, 0.05) is 89.8 Å². The number of halogens is 1. The molecule has 2 aromatic carbocycles. The van der Waals surface area contributed by atoms with E-state index in [1.165, 1.54) is 63.4 Å². The number of carbonyl (C=O) groups is 11. The number of rotatable bonds is 23. The number of amides is 10. The van der Waals surface area contributed by atoms with Gasteiger partial charge in [-0.3, -0.25) is 48.6 Å². The molecule has 2 aromatic rings. The second kappa shape index (κ2) is 30.5. The number of esters is 1. The summed E-state index contributed by atoms with van der Waals surface area (Å²) in [6.45, 7) is 12.2. The van der Waals surface area contributed by atoms with E-state index in [0.29, 0.717) is 42.0 Å². The molecule has 25 nitrogen and oxygen atoms in total. The minimum atomic E-state index is -1.92. The van der Waals surface area contributed by atoms with Crippen molar-refractivity contribution in [1.29, 1.82) is 0 Å². The molecule has 2 saturated heterocycles. The first kappa shape index (κ1) is 70.1. The van der Waals surface area contributed by atoms with E-state index in [4.69, 9.17) is 36.3 Å². The van der Waals surface area contributed by atoms with Gasteiger partial charge in [-0.2, -0.15) is 0 Å². The molecule has 10 atom stereocenters. The topological polar surface area (TPSA) is 344 Å². The summed E-state index contributed by atoms with van der Waals surface area (Å²) in [6, 6.07) is 3.33. The fourth-order valence-electron chi connectivity index (χ4n) is 11.2. The predicted molar refractivity (Wildman–Crippen MR) is 327 cm³/mol. The van der Waals surface area contributed by atoms with Crippen molar-refractivity contribution in [3.05, 3.63) is 99.1 Å². The Hall–Kier alpha value is -8.00. The lowest BCUT2D eigenvalue weighted by Gasteiger charge is -2.42. The largest absolute Gasteiger partial charge is 0.457 e. The first-order valence-corrected chi connectivity index (χ1v) is 30.1. The van der Waals surface area contributed by atoms with Crippen molar-refractivity contribution in [1.82, 2.24) is 36.4 Å². The van der Waals surface area contributed by atoms with Gasteiger partial charge in [0.05, 0.1) is 29.3 Å². The molecule has 4 heterocycles. The molecule has 6 rings (SSSR count). The van der Waals surface area contributed by atoms with Crippen molar-refractivity contribution >= 4 is 82.5 Å². The monoisotopic (exact) mass is 1260 g/mol. The number of likely N-dealkylation sites (N-methyl/N-ethyl adjacent to an activating group) is 1. The lowest BCUT2D eigenvalue weighted by atomic mass is 9.83. The summed E-state index contributed by atoms with van der Waals surface area (Å²) in [5.74, 6) is -6.39. The second-order valence-corrected chi connectivity index (χ2v) is 24.2. The number of aryl methyl sites for hydroxylation is 1. The van der Waals surface area contributed by atoms with Crippen LogP contribution < -0.4 is 37.2 Å². The molecule has 484 valence electrons. The summed E-state index contributed by atoms with van der Waals surface area (Å²) in [6.07, 6.45) is 3.66. The van der Waals surface area contributed by atoms with Crippen molar-refractivity contribution in [3.8, 4) is 0 Å². The molecule has 89 heavy (non-hydrogen) atoms. The van der Waals surface area contributed by atoms with Crippen LogP contribution in [0.2, 0.25) is 5.02 Å². The number of nitrogens with two attached hydrogens (primary N) is 1. The minimum absolute atomic E-state index is 0.00737. The number of benzene rings is 2. The molecule has 0 spiro atoms. The molecule has 0 saturated carbocycles. The number of Topliss-reactive ketones (excluding diaryl/α,β-unsaturated/α-hetero) is 1. The van der Waals surface area contributed by atoms with E-state index in [1.807, 2.05) is 26.0 Å². The number of epoxide rings is 1. The zero-order chi connectivity index (χ0) is 65.8. The highest BCUT2D eigenvalue weighted by Gasteiger charge is 2.64. The molecule has 2 fully saturated rings. The van der Waals surface area contributed by atoms with Crippen LogP contribution >= 0.6 is 11.6 Å². The van der Waals surface area contributed by atoms with Gasteiger partial charge in [0.25, 0.3) is 23.6 Å². The number of anilines is 1. The molecule has 8 N–H and O–H groups in total. The first-order valence-electron chi connectivity index (χ1n) is 29.8. The number of allylic oxidation sites excluding steroid dienone is 3. The number of hydrogen-bond acceptors (Lipinski definition) is 16. The maximum atomic E-state index is 14.5. The third-order valence-corrected chi connectivity index (χ3v) is 17.3. The number of alkyl carbamates (subject to hydrolysis) is 1. The van der Waals surface area contributed by atoms with Gasteiger partial charge < -0.3 is 60.9 Å². The number of nitrogens with zero attached hydrogens (tertiary/aromatic N) is 3. The number of imide groups is 1. The van der Waals surface area contributed by atoms with Gasteiger partial charge in [-0.15, -0.1) is 0 Å². The van der Waals surface area contributed by atoms with E-state index in [1.54, 1.807) is 53.0 Å². The van der Waals surface area contributed by atoms with Crippen molar-refractivity contribution < 1.29 is 76.8 Å². The summed E-state index contributed by atoms with van der Waals surface area (Å²) in [5.41, 5.74) is 4.83. The number of nitrogens with one attached hydrogen (secondary N) is 5. The lowest BCUT2D eigenvalue weighted by molar-refractivity contribution is -0.158. The number of unbranched alkanes of at least 4 members (excludes halogenated alkanes) is 2. The molecule has 0 aromatic heterocycles. The highest BCUT2D eigenvalue weighted by molar-refractivity contribution is 6.34. The quantitative estimate of drug-likeness (QED) is 0.0355. The lowest BCUT2D eigenvalue weighted by Crippen LogP contribution is -2.63. The smallest absolute Gasteiger partial charge is 0.409 e. The molecule has 0 aliphatic carbocycles. The zero-order valence-electron chi connectivity index (χ0n) is 52.3. The summed E-state index contributed by atoms with van der Waals surface area (Å²) in [5, 5.41) is 25.2. The van der Waals surface area contributed by atoms with Crippen LogP contribution in [0, 0.1) is 18.8 Å². The SMILES string of the molecule is CNC(=O)c1cc(C(=O)N(C)[C@@H](C)C(=O)O[C@H]2CC(=O)N(C)c3cc(cc(C)c3Cl)C/C(C)=C/C=C/[C@@H](OC)[C@@]3(O)C[C@H](OC(=O)N3)[C@@H](C)[C@@H]3O[C@@]23C)ccc1CC(=O)[C@H](CCCNC(N)=O)NC(=O)[C@@H](NC(=O)CCCCCN1C(=O)C=CC1=O)C(C)C. The number of ether oxygens (including phenoxy) is 4. The highest BCUT2D eigenvalue weighted by atomic mass is 35.5. The number of hydrogen-bond donors (Lipinski definition) is 7. The van der Waals surface area contributed by atoms with Crippen molar-refractivity contribution in [2.24, 2.45) is 17.6 Å². The molecule has 4 aliphatic rings.